The lowest BCUT2D eigenvalue weighted by Gasteiger charge is -2.12. The number of nitrogens with one attached hydrogen (secondary N) is 1. The van der Waals surface area contributed by atoms with Crippen LogP contribution in [0.15, 0.2) is 76.2 Å². The van der Waals surface area contributed by atoms with Crippen molar-refractivity contribution in [1.29, 1.82) is 0 Å². The summed E-state index contributed by atoms with van der Waals surface area (Å²) in [5.41, 5.74) is 7.86. The molecule has 0 heterocycles. The van der Waals surface area contributed by atoms with Gasteiger partial charge < -0.3 is 20.5 Å². The Hall–Kier alpha value is -3.65. The number of hydrogen-bond donors (Lipinski definition) is 2. The van der Waals surface area contributed by atoms with Gasteiger partial charge in [-0.1, -0.05) is 18.2 Å². The number of hydrogen-bond acceptors (Lipinski definition) is 5. The fraction of sp³-hybridized carbons (Fsp3) is 0.0870. The quantitative estimate of drug-likeness (QED) is 0.467. The second-order valence-corrected chi connectivity index (χ2v) is 7.27. The van der Waals surface area contributed by atoms with Crippen molar-refractivity contribution in [2.45, 2.75) is 0 Å². The van der Waals surface area contributed by atoms with Crippen LogP contribution in [0.5, 0.6) is 11.5 Å². The fourth-order valence-corrected chi connectivity index (χ4v) is 3.24. The predicted octanol–water partition coefficient (Wildman–Crippen LogP) is 4.32. The van der Waals surface area contributed by atoms with Gasteiger partial charge in [-0.2, -0.15) is 0 Å². The minimum absolute atomic E-state index is 0.174. The fourth-order valence-electron chi connectivity index (χ4n) is 2.67. The van der Waals surface area contributed by atoms with Gasteiger partial charge in [0, 0.05) is 17.5 Å². The number of methoxy groups -OCH3 is 1. The van der Waals surface area contributed by atoms with Gasteiger partial charge in [0.05, 0.1) is 17.3 Å². The first-order valence-electron chi connectivity index (χ1n) is 9.25. The highest BCUT2D eigenvalue weighted by Crippen LogP contribution is 2.36. The van der Waals surface area contributed by atoms with Crippen LogP contribution in [0, 0.1) is 0 Å². The van der Waals surface area contributed by atoms with Crippen molar-refractivity contribution in [3.63, 3.8) is 0 Å². The molecule has 158 valence electrons. The highest BCUT2D eigenvalue weighted by Gasteiger charge is 2.12. The zero-order chi connectivity index (χ0) is 22.2. The maximum absolute atomic E-state index is 12.2. The van der Waals surface area contributed by atoms with Gasteiger partial charge in [-0.05, 0) is 70.0 Å². The molecule has 0 aliphatic carbocycles. The SMILES string of the molecule is COc1cc(C=Nc2ccc(NC(=O)c3ccccc3)cc2)cc(Br)c1OCC(N)=O. The van der Waals surface area contributed by atoms with Gasteiger partial charge in [0.25, 0.3) is 11.8 Å². The van der Waals surface area contributed by atoms with E-state index >= 15 is 0 Å². The van der Waals surface area contributed by atoms with E-state index in [0.29, 0.717) is 32.9 Å². The van der Waals surface area contributed by atoms with E-state index < -0.39 is 5.91 Å². The molecule has 0 aliphatic heterocycles. The van der Waals surface area contributed by atoms with Gasteiger partial charge in [0.2, 0.25) is 0 Å². The Morgan fingerprint density at radius 2 is 1.81 bits per heavy atom. The molecule has 0 atom stereocenters. The number of carbonyl (C=O) groups excluding carboxylic acids is 2. The lowest BCUT2D eigenvalue weighted by molar-refractivity contribution is -0.119. The Kier molecular flexibility index (Phi) is 7.40. The normalized spacial score (nSPS) is 10.6. The second kappa shape index (κ2) is 10.4. The summed E-state index contributed by atoms with van der Waals surface area (Å²) in [5.74, 6) is 0.0726. The monoisotopic (exact) mass is 481 g/mol. The van der Waals surface area contributed by atoms with Crippen LogP contribution in [0.3, 0.4) is 0 Å². The van der Waals surface area contributed by atoms with E-state index in [9.17, 15) is 9.59 Å². The number of nitrogens with two attached hydrogens (primary N) is 1. The predicted molar refractivity (Wildman–Crippen MR) is 123 cm³/mol. The van der Waals surface area contributed by atoms with Crippen LogP contribution in [-0.4, -0.2) is 31.7 Å². The number of primary amides is 1. The van der Waals surface area contributed by atoms with Crippen LogP contribution in [0.25, 0.3) is 0 Å². The average Bonchev–Trinajstić information content (AvgIpc) is 2.78. The standard InChI is InChI=1S/C23H20BrN3O4/c1-30-20-12-15(11-19(24)22(20)31-14-21(25)28)13-26-17-7-9-18(10-8-17)27-23(29)16-5-3-2-4-6-16/h2-13H,14H2,1H3,(H2,25,28)(H,27,29). The van der Waals surface area contributed by atoms with E-state index in [0.717, 1.165) is 5.56 Å². The summed E-state index contributed by atoms with van der Waals surface area (Å²) >= 11 is 3.41. The summed E-state index contributed by atoms with van der Waals surface area (Å²) in [5, 5.41) is 2.85. The van der Waals surface area contributed by atoms with Gasteiger partial charge in [0.15, 0.2) is 18.1 Å². The van der Waals surface area contributed by atoms with Gasteiger partial charge in [-0.15, -0.1) is 0 Å². The molecule has 0 radical (unpaired) electrons. The molecule has 0 saturated carbocycles. The molecule has 0 fully saturated rings. The zero-order valence-corrected chi connectivity index (χ0v) is 18.3. The smallest absolute Gasteiger partial charge is 0.255 e. The van der Waals surface area contributed by atoms with Crippen molar-refractivity contribution < 1.29 is 19.1 Å². The molecule has 3 aromatic rings. The number of amides is 2. The number of benzene rings is 3. The van der Waals surface area contributed by atoms with E-state index in [-0.39, 0.29) is 12.5 Å². The van der Waals surface area contributed by atoms with Crippen molar-refractivity contribution >= 4 is 45.3 Å². The van der Waals surface area contributed by atoms with Gasteiger partial charge in [-0.3, -0.25) is 14.6 Å². The van der Waals surface area contributed by atoms with Crippen LogP contribution in [-0.2, 0) is 4.79 Å². The number of nitrogens with zero attached hydrogens (tertiary/aromatic N) is 1. The Morgan fingerprint density at radius 1 is 1.10 bits per heavy atom. The molecule has 3 N–H and O–H groups in total. The summed E-state index contributed by atoms with van der Waals surface area (Å²) < 4.78 is 11.3. The zero-order valence-electron chi connectivity index (χ0n) is 16.7. The van der Waals surface area contributed by atoms with Crippen LogP contribution in [0.1, 0.15) is 15.9 Å². The van der Waals surface area contributed by atoms with Crippen LogP contribution >= 0.6 is 15.9 Å². The minimum atomic E-state index is -0.581. The lowest BCUT2D eigenvalue weighted by Crippen LogP contribution is -2.20. The summed E-state index contributed by atoms with van der Waals surface area (Å²) in [6, 6.07) is 19.7. The Morgan fingerprint density at radius 3 is 2.45 bits per heavy atom. The van der Waals surface area contributed by atoms with E-state index in [2.05, 4.69) is 26.2 Å². The number of aliphatic imine (C=N–C) groups is 1. The third-order valence-electron chi connectivity index (χ3n) is 4.13. The van der Waals surface area contributed by atoms with E-state index in [4.69, 9.17) is 15.2 Å². The molecule has 0 saturated heterocycles. The first kappa shape index (κ1) is 22.0. The highest BCUT2D eigenvalue weighted by molar-refractivity contribution is 9.10. The summed E-state index contributed by atoms with van der Waals surface area (Å²) in [4.78, 5) is 27.6. The third-order valence-corrected chi connectivity index (χ3v) is 4.72. The minimum Gasteiger partial charge on any atom is -0.493 e. The number of anilines is 1. The number of carbonyl (C=O) groups is 2. The molecule has 7 nitrogen and oxygen atoms in total. The number of rotatable bonds is 8. The van der Waals surface area contributed by atoms with Crippen LogP contribution < -0.4 is 20.5 Å². The molecule has 31 heavy (non-hydrogen) atoms. The van der Waals surface area contributed by atoms with Gasteiger partial charge >= 0.3 is 0 Å². The average molecular weight is 482 g/mol. The molecule has 0 aliphatic rings. The summed E-state index contributed by atoms with van der Waals surface area (Å²) in [6.45, 7) is -0.254. The molecule has 2 amide bonds. The highest BCUT2D eigenvalue weighted by atomic mass is 79.9. The van der Waals surface area contributed by atoms with Crippen molar-refractivity contribution in [2.75, 3.05) is 19.0 Å². The van der Waals surface area contributed by atoms with Gasteiger partial charge in [0.1, 0.15) is 0 Å². The van der Waals surface area contributed by atoms with Gasteiger partial charge in [-0.25, -0.2) is 0 Å². The number of halogens is 1. The van der Waals surface area contributed by atoms with Crippen molar-refractivity contribution in [3.05, 3.63) is 82.3 Å². The molecule has 0 spiro atoms. The molecular formula is C23H20BrN3O4. The van der Waals surface area contributed by atoms with E-state index in [1.54, 1.807) is 54.7 Å². The summed E-state index contributed by atoms with van der Waals surface area (Å²) in [6.07, 6.45) is 1.67. The van der Waals surface area contributed by atoms with Crippen molar-refractivity contribution in [2.24, 2.45) is 10.7 Å². The number of ether oxygens (including phenoxy) is 2. The molecule has 3 aromatic carbocycles. The maximum Gasteiger partial charge on any atom is 0.255 e. The lowest BCUT2D eigenvalue weighted by atomic mass is 10.2. The van der Waals surface area contributed by atoms with Crippen molar-refractivity contribution in [3.8, 4) is 11.5 Å². The van der Waals surface area contributed by atoms with Crippen molar-refractivity contribution in [1.82, 2.24) is 0 Å². The Labute approximate surface area is 188 Å². The molecule has 8 heteroatoms. The molecule has 3 rings (SSSR count). The molecule has 0 aromatic heterocycles. The first-order valence-corrected chi connectivity index (χ1v) is 10.0. The Bertz CT molecular complexity index is 1100. The molecular weight excluding hydrogens is 462 g/mol. The summed E-state index contributed by atoms with van der Waals surface area (Å²) in [7, 11) is 1.50. The van der Waals surface area contributed by atoms with E-state index in [1.165, 1.54) is 7.11 Å². The molecule has 0 bridgehead atoms. The third kappa shape index (κ3) is 6.16. The van der Waals surface area contributed by atoms with E-state index in [1.807, 2.05) is 18.2 Å². The molecule has 0 unspecified atom stereocenters. The van der Waals surface area contributed by atoms with Crippen LogP contribution in [0.4, 0.5) is 11.4 Å². The van der Waals surface area contributed by atoms with Crippen LogP contribution in [0.2, 0.25) is 0 Å². The first-order chi connectivity index (χ1) is 15.0. The Balaban J connectivity index is 1.69. The maximum atomic E-state index is 12.2. The largest absolute Gasteiger partial charge is 0.493 e. The topological polar surface area (TPSA) is 103 Å². The second-order valence-electron chi connectivity index (χ2n) is 6.41.